The first-order valence-electron chi connectivity index (χ1n) is 5.55. The van der Waals surface area contributed by atoms with Crippen LogP contribution in [0.1, 0.15) is 0 Å². The van der Waals surface area contributed by atoms with Crippen LogP contribution in [-0.2, 0) is 34.1 Å². The number of nitriles is 2. The van der Waals surface area contributed by atoms with Crippen LogP contribution in [0.15, 0.2) is 9.98 Å². The van der Waals surface area contributed by atoms with Gasteiger partial charge in [-0.25, -0.2) is 23.8 Å². The minimum atomic E-state index is -0.833. The topological polar surface area (TPSA) is 465 Å². The summed E-state index contributed by atoms with van der Waals surface area (Å²) >= 11 is 0. The van der Waals surface area contributed by atoms with Crippen molar-refractivity contribution in [2.24, 2.45) is 55.9 Å². The van der Waals surface area contributed by atoms with Crippen LogP contribution in [0.4, 0.5) is 0 Å². The van der Waals surface area contributed by atoms with Crippen molar-refractivity contribution < 1.29 is 34.1 Å². The van der Waals surface area contributed by atoms with E-state index in [4.69, 9.17) is 78.0 Å². The number of nitrogens with one attached hydrogen (secondary N) is 4. The molecular weight excluding hydrogens is 503 g/mol. The molecule has 0 aliphatic carbocycles. The van der Waals surface area contributed by atoms with E-state index in [0.717, 1.165) is 0 Å². The fourth-order valence-corrected chi connectivity index (χ4v) is 0.115. The van der Waals surface area contributed by atoms with E-state index in [1.165, 1.54) is 12.4 Å². The van der Waals surface area contributed by atoms with E-state index in [9.17, 15) is 0 Å². The predicted molar refractivity (Wildman–Crippen MR) is 110 cm³/mol. The largest absolute Gasteiger partial charge is 0.594 e. The van der Waals surface area contributed by atoms with Gasteiger partial charge in [-0.05, 0) is 0 Å². The Kier molecular flexibility index (Phi) is 73.8. The molecule has 0 aromatic rings. The number of rotatable bonds is 0. The van der Waals surface area contributed by atoms with Crippen LogP contribution in [0.2, 0.25) is 0 Å². The van der Waals surface area contributed by atoms with Gasteiger partial charge in [0.2, 0.25) is 24.3 Å². The smallest absolute Gasteiger partial charge is 0.209 e. The van der Waals surface area contributed by atoms with Crippen molar-refractivity contribution >= 4 is 35.8 Å². The average Bonchev–Trinajstić information content (AvgIpc) is 2.35. The molecule has 22 heteroatoms. The van der Waals surface area contributed by atoms with Gasteiger partial charge in [0, 0.05) is 34.1 Å². The molecule has 0 saturated carbocycles. The molecule has 2 radical (unpaired) electrons. The van der Waals surface area contributed by atoms with Gasteiger partial charge in [0.25, 0.3) is 0 Å². The molecule has 0 rings (SSSR count). The van der Waals surface area contributed by atoms with Crippen molar-refractivity contribution in [2.45, 2.75) is 0 Å². The molecule has 0 aliphatic heterocycles. The molecule has 0 aliphatic rings. The minimum absolute atomic E-state index is 0. The van der Waals surface area contributed by atoms with E-state index in [1.807, 2.05) is 0 Å². The van der Waals surface area contributed by atoms with Gasteiger partial charge >= 0.3 is 0 Å². The molecule has 0 bridgehead atoms. The molecule has 0 atom stereocenters. The zero-order valence-electron chi connectivity index (χ0n) is 14.8. The fourth-order valence-electron chi connectivity index (χ4n) is 0.115. The normalized spacial score (nSPS) is 5.53. The SMILES string of the molecule is N#CN=C(N)N.N#CN=C(N)N.[Cu].[Cu].[N-]=C([NH-])N.[N-]=C([NH-])N.[N-]=C([NH-])N.[N-]=C([NH-])N. The summed E-state index contributed by atoms with van der Waals surface area (Å²) in [7, 11) is 0. The van der Waals surface area contributed by atoms with Gasteiger partial charge < -0.3 is 90.4 Å². The third-order valence-corrected chi connectivity index (χ3v) is 0.358. The van der Waals surface area contributed by atoms with Crippen LogP contribution in [0, 0.1) is 22.9 Å². The molecule has 0 spiro atoms. The Morgan fingerprint density at radius 3 is 0.633 bits per heavy atom. The second-order valence-corrected chi connectivity index (χ2v) is 2.81. The summed E-state index contributed by atoms with van der Waals surface area (Å²) in [5.74, 6) is -3.73. The maximum absolute atomic E-state index is 7.64. The van der Waals surface area contributed by atoms with E-state index in [0.29, 0.717) is 0 Å². The van der Waals surface area contributed by atoms with Crippen LogP contribution in [0.5, 0.6) is 0 Å². The molecule has 0 amide bonds. The predicted octanol–water partition coefficient (Wildman–Crippen LogP) is -2.83. The summed E-state index contributed by atoms with van der Waals surface area (Å²) in [5, 5.41) is 44.9. The Morgan fingerprint density at radius 2 is 0.633 bits per heavy atom. The molecule has 0 aromatic heterocycles. The summed E-state index contributed by atoms with van der Waals surface area (Å²) < 4.78 is 0. The third kappa shape index (κ3) is 4510. The Labute approximate surface area is 193 Å². The van der Waals surface area contributed by atoms with Crippen molar-refractivity contribution in [2.75, 3.05) is 0 Å². The maximum atomic E-state index is 7.64. The van der Waals surface area contributed by atoms with E-state index < -0.39 is 23.8 Å². The van der Waals surface area contributed by atoms with Crippen molar-refractivity contribution in [3.63, 3.8) is 0 Å². The van der Waals surface area contributed by atoms with Crippen LogP contribution >= 0.6 is 0 Å². The number of hydrogen-bond donors (Lipinski definition) is 8. The zero-order valence-corrected chi connectivity index (χ0v) is 16.7. The minimum Gasteiger partial charge on any atom is -0.594 e. The maximum Gasteiger partial charge on any atom is 0.209 e. The van der Waals surface area contributed by atoms with Gasteiger partial charge in [0.15, 0.2) is 0 Å². The van der Waals surface area contributed by atoms with Gasteiger partial charge in [-0.2, -0.15) is 10.5 Å². The molecule has 20 N–H and O–H groups in total. The third-order valence-electron chi connectivity index (χ3n) is 0.358. The number of hydrogen-bond acceptors (Lipinski definition) is 4. The fraction of sp³-hybridized carbons (Fsp3) is 0. The summed E-state index contributed by atoms with van der Waals surface area (Å²) in [6.07, 6.45) is 2.81. The van der Waals surface area contributed by atoms with Gasteiger partial charge in [0.05, 0.1) is 0 Å². The number of nitrogens with zero attached hydrogens (tertiary/aromatic N) is 8. The monoisotopic (exact) mass is 522 g/mol. The Balaban J connectivity index is -0.0000000322. The van der Waals surface area contributed by atoms with E-state index in [-0.39, 0.29) is 46.1 Å². The van der Waals surface area contributed by atoms with Crippen LogP contribution in [-0.4, -0.2) is 35.8 Å². The first-order chi connectivity index (χ1) is 12.5. The molecule has 0 unspecified atom stereocenters. The van der Waals surface area contributed by atoms with Crippen LogP contribution < -0.4 is 45.9 Å². The molecular formula is C8H20Cu2N20-8. The first-order valence-corrected chi connectivity index (χ1v) is 5.55. The van der Waals surface area contributed by atoms with E-state index in [2.05, 4.69) is 32.9 Å². The number of nitrogens with two attached hydrogens (primary N) is 8. The zero-order chi connectivity index (χ0) is 24.3. The van der Waals surface area contributed by atoms with E-state index in [1.54, 1.807) is 0 Å². The van der Waals surface area contributed by atoms with Gasteiger partial charge in [-0.15, -0.1) is 9.98 Å². The Hall–Kier alpha value is -4.36. The molecule has 0 saturated heterocycles. The number of aliphatic imine (C=N–C) groups is 2. The first kappa shape index (κ1) is 50.0. The molecule has 0 fully saturated rings. The van der Waals surface area contributed by atoms with Crippen molar-refractivity contribution in [3.8, 4) is 12.4 Å². The summed E-state index contributed by atoms with van der Waals surface area (Å²) in [5.41, 5.74) is 59.2. The standard InChI is InChI=1S/2C2H4N4.4CH3N3.2Cu/c2*3-1-6-2(4)5;4*2-1(3)4;;/h2*(H4,4,5,6);4*(H3-2,2,3,4);;/q;;4*-2;;. The molecule has 182 valence electrons. The average molecular weight is 523 g/mol. The summed E-state index contributed by atoms with van der Waals surface area (Å²) in [4.78, 5) is 5.81. The van der Waals surface area contributed by atoms with Crippen molar-refractivity contribution in [1.29, 1.82) is 10.5 Å². The molecule has 20 nitrogen and oxygen atoms in total. The van der Waals surface area contributed by atoms with Crippen molar-refractivity contribution in [1.82, 2.24) is 0 Å². The van der Waals surface area contributed by atoms with Crippen LogP contribution in [0.3, 0.4) is 0 Å². The van der Waals surface area contributed by atoms with E-state index >= 15 is 0 Å². The quantitative estimate of drug-likeness (QED) is 0.0695. The summed E-state index contributed by atoms with van der Waals surface area (Å²) in [6, 6.07) is 0. The van der Waals surface area contributed by atoms with Crippen LogP contribution in [0.25, 0.3) is 44.6 Å². The summed E-state index contributed by atoms with van der Waals surface area (Å²) in [6.45, 7) is 0. The Morgan fingerprint density at radius 1 is 0.533 bits per heavy atom. The molecule has 0 heterocycles. The second-order valence-electron chi connectivity index (χ2n) is 2.81. The van der Waals surface area contributed by atoms with Gasteiger partial charge in [-0.3, -0.25) is 0 Å². The number of guanidine groups is 6. The van der Waals surface area contributed by atoms with Gasteiger partial charge in [-0.1, -0.05) is 0 Å². The Bertz CT molecular complexity index is 481. The molecule has 30 heavy (non-hydrogen) atoms. The molecule has 0 aromatic carbocycles. The van der Waals surface area contributed by atoms with Crippen molar-refractivity contribution in [3.05, 3.63) is 44.6 Å². The van der Waals surface area contributed by atoms with Gasteiger partial charge in [0.1, 0.15) is 0 Å². The second kappa shape index (κ2) is 44.3.